The molecule has 4 nitrogen and oxygen atoms in total. The lowest BCUT2D eigenvalue weighted by Crippen LogP contribution is -2.48. The van der Waals surface area contributed by atoms with Gasteiger partial charge in [0.15, 0.2) is 0 Å². The predicted octanol–water partition coefficient (Wildman–Crippen LogP) is 1.50. The highest BCUT2D eigenvalue weighted by Gasteiger charge is 2.26. The Labute approximate surface area is 110 Å². The van der Waals surface area contributed by atoms with E-state index in [0.29, 0.717) is 12.5 Å². The fraction of sp³-hybridized carbons (Fsp3) is 0.929. The van der Waals surface area contributed by atoms with Gasteiger partial charge in [0.25, 0.3) is 0 Å². The number of rotatable bonds is 3. The monoisotopic (exact) mass is 254 g/mol. The molecule has 0 aromatic carbocycles. The van der Waals surface area contributed by atoms with Gasteiger partial charge in [-0.2, -0.15) is 0 Å². The zero-order valence-electron chi connectivity index (χ0n) is 11.7. The Morgan fingerprint density at radius 3 is 2.61 bits per heavy atom. The minimum absolute atomic E-state index is 0.0931. The normalized spacial score (nSPS) is 26.6. The minimum atomic E-state index is 0.0931. The molecule has 4 heteroatoms. The van der Waals surface area contributed by atoms with Gasteiger partial charge in [-0.15, -0.1) is 0 Å². The van der Waals surface area contributed by atoms with E-state index in [2.05, 4.69) is 18.7 Å². The summed E-state index contributed by atoms with van der Waals surface area (Å²) in [7, 11) is 0. The molecule has 1 amide bonds. The van der Waals surface area contributed by atoms with Crippen LogP contribution in [0.2, 0.25) is 0 Å². The molecule has 2 aliphatic heterocycles. The van der Waals surface area contributed by atoms with Crippen molar-refractivity contribution in [3.05, 3.63) is 0 Å². The number of nitrogens with zero attached hydrogens (tertiary/aromatic N) is 2. The van der Waals surface area contributed by atoms with Crippen LogP contribution in [0.5, 0.6) is 0 Å². The average molecular weight is 254 g/mol. The molecule has 1 unspecified atom stereocenters. The summed E-state index contributed by atoms with van der Waals surface area (Å²) in [4.78, 5) is 16.6. The maximum absolute atomic E-state index is 12.2. The summed E-state index contributed by atoms with van der Waals surface area (Å²) in [5.41, 5.74) is 0. The summed E-state index contributed by atoms with van der Waals surface area (Å²) >= 11 is 0. The van der Waals surface area contributed by atoms with E-state index in [0.717, 1.165) is 45.6 Å². The van der Waals surface area contributed by atoms with Crippen molar-refractivity contribution in [2.45, 2.75) is 51.7 Å². The van der Waals surface area contributed by atoms with Gasteiger partial charge in [0.05, 0.1) is 19.1 Å². The van der Waals surface area contributed by atoms with E-state index in [1.54, 1.807) is 0 Å². The number of hydrogen-bond donors (Lipinski definition) is 0. The molecule has 0 radical (unpaired) electrons. The number of piperidine rings is 1. The van der Waals surface area contributed by atoms with E-state index in [1.165, 1.54) is 6.42 Å². The molecular weight excluding hydrogens is 228 g/mol. The van der Waals surface area contributed by atoms with Crippen molar-refractivity contribution in [1.29, 1.82) is 0 Å². The van der Waals surface area contributed by atoms with Gasteiger partial charge in [0.1, 0.15) is 0 Å². The smallest absolute Gasteiger partial charge is 0.225 e. The Kier molecular flexibility index (Phi) is 5.01. The molecule has 0 aromatic heterocycles. The van der Waals surface area contributed by atoms with Gasteiger partial charge in [-0.05, 0) is 33.1 Å². The topological polar surface area (TPSA) is 32.8 Å². The van der Waals surface area contributed by atoms with Crippen LogP contribution in [0.1, 0.15) is 39.5 Å². The maximum Gasteiger partial charge on any atom is 0.225 e. The van der Waals surface area contributed by atoms with E-state index in [1.807, 2.05) is 4.90 Å². The summed E-state index contributed by atoms with van der Waals surface area (Å²) in [6, 6.07) is 0.543. The second kappa shape index (κ2) is 6.53. The Morgan fingerprint density at radius 1 is 1.22 bits per heavy atom. The van der Waals surface area contributed by atoms with Gasteiger partial charge in [-0.1, -0.05) is 0 Å². The summed E-state index contributed by atoms with van der Waals surface area (Å²) in [6.45, 7) is 8.95. The highest BCUT2D eigenvalue weighted by atomic mass is 16.5. The van der Waals surface area contributed by atoms with Crippen LogP contribution in [0.4, 0.5) is 0 Å². The van der Waals surface area contributed by atoms with Crippen molar-refractivity contribution in [2.24, 2.45) is 0 Å². The zero-order chi connectivity index (χ0) is 13.0. The fourth-order valence-electron chi connectivity index (χ4n) is 2.80. The first-order valence-corrected chi connectivity index (χ1v) is 7.30. The Balaban J connectivity index is 1.79. The van der Waals surface area contributed by atoms with Crippen molar-refractivity contribution in [3.63, 3.8) is 0 Å². The number of amides is 1. The predicted molar refractivity (Wildman–Crippen MR) is 71.5 cm³/mol. The lowest BCUT2D eigenvalue weighted by Gasteiger charge is -2.36. The second-order valence-electron chi connectivity index (χ2n) is 5.73. The van der Waals surface area contributed by atoms with Gasteiger partial charge in [0, 0.05) is 32.2 Å². The molecule has 2 fully saturated rings. The molecule has 1 atom stereocenters. The van der Waals surface area contributed by atoms with E-state index in [4.69, 9.17) is 4.74 Å². The van der Waals surface area contributed by atoms with Crippen LogP contribution in [0, 0.1) is 0 Å². The second-order valence-corrected chi connectivity index (χ2v) is 5.73. The zero-order valence-corrected chi connectivity index (χ0v) is 11.7. The summed E-state index contributed by atoms with van der Waals surface area (Å²) in [5.74, 6) is 0.283. The first-order valence-electron chi connectivity index (χ1n) is 7.30. The number of ether oxygens (including phenoxy) is 1. The summed E-state index contributed by atoms with van der Waals surface area (Å²) in [5, 5.41) is 0. The molecule has 2 aliphatic rings. The van der Waals surface area contributed by atoms with E-state index in [-0.39, 0.29) is 12.0 Å². The van der Waals surface area contributed by atoms with Gasteiger partial charge in [0.2, 0.25) is 5.91 Å². The Hall–Kier alpha value is -0.610. The Bertz CT molecular complexity index is 275. The van der Waals surface area contributed by atoms with Crippen molar-refractivity contribution in [2.75, 3.05) is 32.8 Å². The SMILES string of the molecule is CC(C)N1CCOC(CC(=O)N2CCCCC2)C1. The number of morpholine rings is 1. The Morgan fingerprint density at radius 2 is 1.94 bits per heavy atom. The quantitative estimate of drug-likeness (QED) is 0.765. The van der Waals surface area contributed by atoms with E-state index < -0.39 is 0 Å². The van der Waals surface area contributed by atoms with Crippen LogP contribution in [-0.4, -0.2) is 60.6 Å². The van der Waals surface area contributed by atoms with Crippen molar-refractivity contribution in [1.82, 2.24) is 9.80 Å². The van der Waals surface area contributed by atoms with Crippen LogP contribution in [0.15, 0.2) is 0 Å². The van der Waals surface area contributed by atoms with Gasteiger partial charge >= 0.3 is 0 Å². The molecule has 2 rings (SSSR count). The number of carbonyl (C=O) groups is 1. The first kappa shape index (κ1) is 13.8. The molecule has 2 saturated heterocycles. The molecule has 0 aromatic rings. The molecule has 0 spiro atoms. The van der Waals surface area contributed by atoms with Crippen LogP contribution in [0.25, 0.3) is 0 Å². The van der Waals surface area contributed by atoms with E-state index >= 15 is 0 Å². The minimum Gasteiger partial charge on any atom is -0.375 e. The third-order valence-electron chi connectivity index (χ3n) is 4.01. The average Bonchev–Trinajstić information content (AvgIpc) is 2.40. The highest BCUT2D eigenvalue weighted by molar-refractivity contribution is 5.76. The molecular formula is C14H26N2O2. The largest absolute Gasteiger partial charge is 0.375 e. The molecule has 0 N–H and O–H groups in total. The van der Waals surface area contributed by atoms with Gasteiger partial charge in [-0.25, -0.2) is 0 Å². The number of carbonyl (C=O) groups excluding carboxylic acids is 1. The van der Waals surface area contributed by atoms with Crippen LogP contribution < -0.4 is 0 Å². The summed E-state index contributed by atoms with van der Waals surface area (Å²) < 4.78 is 5.73. The molecule has 2 heterocycles. The van der Waals surface area contributed by atoms with Crippen LogP contribution in [-0.2, 0) is 9.53 Å². The molecule has 18 heavy (non-hydrogen) atoms. The lowest BCUT2D eigenvalue weighted by molar-refractivity contribution is -0.137. The van der Waals surface area contributed by atoms with Crippen molar-refractivity contribution in [3.8, 4) is 0 Å². The standard InChI is InChI=1S/C14H26N2O2/c1-12(2)16-8-9-18-13(11-16)10-14(17)15-6-4-3-5-7-15/h12-13H,3-11H2,1-2H3. The molecule has 0 aliphatic carbocycles. The maximum atomic E-state index is 12.2. The number of hydrogen-bond acceptors (Lipinski definition) is 3. The van der Waals surface area contributed by atoms with Gasteiger partial charge in [-0.3, -0.25) is 9.69 Å². The van der Waals surface area contributed by atoms with Crippen LogP contribution >= 0.6 is 0 Å². The third kappa shape index (κ3) is 3.69. The first-order chi connectivity index (χ1) is 8.66. The molecule has 0 saturated carbocycles. The lowest BCUT2D eigenvalue weighted by atomic mass is 10.1. The van der Waals surface area contributed by atoms with Crippen LogP contribution in [0.3, 0.4) is 0 Å². The summed E-state index contributed by atoms with van der Waals surface area (Å²) in [6.07, 6.45) is 4.24. The molecule has 104 valence electrons. The highest BCUT2D eigenvalue weighted by Crippen LogP contribution is 2.15. The van der Waals surface area contributed by atoms with Crippen molar-refractivity contribution >= 4 is 5.91 Å². The molecule has 0 bridgehead atoms. The van der Waals surface area contributed by atoms with Crippen molar-refractivity contribution < 1.29 is 9.53 Å². The number of likely N-dealkylation sites (tertiary alicyclic amines) is 1. The van der Waals surface area contributed by atoms with Gasteiger partial charge < -0.3 is 9.64 Å². The fourth-order valence-corrected chi connectivity index (χ4v) is 2.80. The third-order valence-corrected chi connectivity index (χ3v) is 4.01. The van der Waals surface area contributed by atoms with E-state index in [9.17, 15) is 4.79 Å².